The topological polar surface area (TPSA) is 107 Å². The molecule has 0 aromatic heterocycles. The molecule has 0 aliphatic rings. The molecule has 0 amide bonds. The van der Waals surface area contributed by atoms with E-state index >= 15 is 0 Å². The van der Waals surface area contributed by atoms with Crippen LogP contribution in [0.3, 0.4) is 0 Å². The Morgan fingerprint density at radius 2 is 1.14 bits per heavy atom. The summed E-state index contributed by atoms with van der Waals surface area (Å²) in [5.74, 6) is -0.781. The van der Waals surface area contributed by atoms with Crippen LogP contribution in [0.15, 0.2) is 84.9 Å². The number of aliphatic hydroxyl groups is 3. The normalized spacial score (nSPS) is 13.2. The average Bonchev–Trinajstić information content (AvgIpc) is 2.79. The lowest BCUT2D eigenvalue weighted by Crippen LogP contribution is -2.43. The Morgan fingerprint density at radius 1 is 0.743 bits per heavy atom. The van der Waals surface area contributed by atoms with Gasteiger partial charge in [-0.25, -0.2) is 0 Å². The van der Waals surface area contributed by atoms with E-state index in [2.05, 4.69) is 0 Å². The van der Waals surface area contributed by atoms with Gasteiger partial charge < -0.3 is 25.2 Å². The zero-order chi connectivity index (χ0) is 26.1. The molecule has 0 radical (unpaired) electrons. The number of benzene rings is 3. The Morgan fingerprint density at radius 3 is 1.49 bits per heavy atom. The van der Waals surface area contributed by atoms with Crippen molar-refractivity contribution in [1.29, 1.82) is 0 Å². The summed E-state index contributed by atoms with van der Waals surface area (Å²) in [6, 6.07) is 24.9. The van der Waals surface area contributed by atoms with Gasteiger partial charge in [0.05, 0.1) is 29.6 Å². The Kier molecular flexibility index (Phi) is 10.0. The van der Waals surface area contributed by atoms with E-state index in [1.54, 1.807) is 39.8 Å². The maximum Gasteiger partial charge on any atom is 0.153 e. The first kappa shape index (κ1) is 28.1. The van der Waals surface area contributed by atoms with Crippen LogP contribution in [-0.2, 0) is 4.79 Å². The summed E-state index contributed by atoms with van der Waals surface area (Å²) in [4.78, 5) is 13.4. The summed E-state index contributed by atoms with van der Waals surface area (Å²) in [5.41, 5.74) is -0.978. The number of rotatable bonds is 9. The van der Waals surface area contributed by atoms with Gasteiger partial charge in [0.1, 0.15) is 18.1 Å². The van der Waals surface area contributed by atoms with Crippen LogP contribution in [0.2, 0.25) is 0 Å². The van der Waals surface area contributed by atoms with E-state index < -0.39 is 23.0 Å². The van der Waals surface area contributed by atoms with Crippen molar-refractivity contribution in [2.45, 2.75) is 50.7 Å². The predicted molar refractivity (Wildman–Crippen MR) is 137 cm³/mol. The molecule has 0 aliphatic heterocycles. The van der Waals surface area contributed by atoms with Crippen molar-refractivity contribution in [3.05, 3.63) is 96.1 Å². The molecule has 0 aliphatic carbocycles. The molecule has 2 atom stereocenters. The smallest absolute Gasteiger partial charge is 0.153 e. The van der Waals surface area contributed by atoms with Gasteiger partial charge in [-0.1, -0.05) is 60.7 Å². The molecular formula is C29H36O6. The Bertz CT molecular complexity index is 959. The van der Waals surface area contributed by atoms with E-state index in [0.717, 1.165) is 11.1 Å². The standard InChI is InChI=1S/C21H26O3.C8H10O3/c1-20(2,23)17(15-11-7-5-8-12-15)19(22)18(21(3,4)24)16-13-9-6-10-14-16;9-5-6-11-8-3-1-7(10)2-4-8/h5-14,17-18,23-24H,1-4H3;1-4,9-10H,5-6H2. The molecule has 188 valence electrons. The molecule has 3 aromatic carbocycles. The van der Waals surface area contributed by atoms with Crippen LogP contribution >= 0.6 is 0 Å². The summed E-state index contributed by atoms with van der Waals surface area (Å²) in [6.07, 6.45) is 0. The second-order valence-corrected chi connectivity index (χ2v) is 9.46. The number of ketones is 1. The fourth-order valence-electron chi connectivity index (χ4n) is 4.00. The van der Waals surface area contributed by atoms with Crippen LogP contribution in [0.25, 0.3) is 0 Å². The Labute approximate surface area is 207 Å². The summed E-state index contributed by atoms with van der Waals surface area (Å²) in [5, 5.41) is 38.6. The molecule has 3 aromatic rings. The highest BCUT2D eigenvalue weighted by Gasteiger charge is 2.43. The molecule has 4 N–H and O–H groups in total. The number of phenolic OH excluding ortho intramolecular Hbond substituents is 1. The van der Waals surface area contributed by atoms with Crippen LogP contribution in [0.4, 0.5) is 0 Å². The number of aromatic hydroxyl groups is 1. The highest BCUT2D eigenvalue weighted by Crippen LogP contribution is 2.39. The van der Waals surface area contributed by atoms with Crippen molar-refractivity contribution in [2.75, 3.05) is 13.2 Å². The van der Waals surface area contributed by atoms with Gasteiger partial charge in [-0.3, -0.25) is 4.79 Å². The molecule has 6 nitrogen and oxygen atoms in total. The van der Waals surface area contributed by atoms with Crippen LogP contribution in [0, 0.1) is 0 Å². The number of phenols is 1. The Balaban J connectivity index is 0.000000328. The largest absolute Gasteiger partial charge is 0.508 e. The average molecular weight is 481 g/mol. The van der Waals surface area contributed by atoms with Crippen LogP contribution in [-0.4, -0.2) is 50.6 Å². The van der Waals surface area contributed by atoms with E-state index in [9.17, 15) is 15.0 Å². The number of Topliss-reactive ketones (excluding diaryl/α,β-unsaturated/α-hetero) is 1. The van der Waals surface area contributed by atoms with Crippen molar-refractivity contribution < 1.29 is 30.0 Å². The van der Waals surface area contributed by atoms with E-state index in [0.29, 0.717) is 5.75 Å². The third kappa shape index (κ3) is 8.51. The number of ether oxygens (including phenoxy) is 1. The summed E-state index contributed by atoms with van der Waals surface area (Å²) < 4.78 is 5.05. The molecule has 3 rings (SSSR count). The predicted octanol–water partition coefficient (Wildman–Crippen LogP) is 4.43. The van der Waals surface area contributed by atoms with Gasteiger partial charge in [0.25, 0.3) is 0 Å². The van der Waals surface area contributed by atoms with Crippen LogP contribution in [0.5, 0.6) is 11.5 Å². The summed E-state index contributed by atoms with van der Waals surface area (Å²) in [6.45, 7) is 6.82. The molecule has 0 heterocycles. The fourth-order valence-corrected chi connectivity index (χ4v) is 4.00. The molecular weight excluding hydrogens is 444 g/mol. The maximum absolute atomic E-state index is 13.4. The molecule has 0 bridgehead atoms. The van der Waals surface area contributed by atoms with E-state index in [1.807, 2.05) is 60.7 Å². The van der Waals surface area contributed by atoms with Gasteiger partial charge >= 0.3 is 0 Å². The molecule has 0 fully saturated rings. The summed E-state index contributed by atoms with van der Waals surface area (Å²) in [7, 11) is 0. The quantitative estimate of drug-likeness (QED) is 0.361. The number of hydrogen-bond donors (Lipinski definition) is 4. The molecule has 35 heavy (non-hydrogen) atoms. The molecule has 2 unspecified atom stereocenters. The first-order valence-corrected chi connectivity index (χ1v) is 11.6. The lowest BCUT2D eigenvalue weighted by Gasteiger charge is -2.36. The zero-order valence-electron chi connectivity index (χ0n) is 20.8. The second kappa shape index (κ2) is 12.5. The van der Waals surface area contributed by atoms with Gasteiger partial charge in [0, 0.05) is 0 Å². The van der Waals surface area contributed by atoms with Crippen molar-refractivity contribution >= 4 is 5.78 Å². The molecule has 6 heteroatoms. The SMILES string of the molecule is CC(C)(O)C(C(=O)C(c1ccccc1)C(C)(C)O)c1ccccc1.OCCOc1ccc(O)cc1. The van der Waals surface area contributed by atoms with E-state index in [-0.39, 0.29) is 24.7 Å². The maximum atomic E-state index is 13.4. The van der Waals surface area contributed by atoms with E-state index in [1.165, 1.54) is 12.1 Å². The first-order valence-electron chi connectivity index (χ1n) is 11.6. The highest BCUT2D eigenvalue weighted by molar-refractivity contribution is 5.93. The molecule has 0 saturated carbocycles. The van der Waals surface area contributed by atoms with Gasteiger partial charge in [-0.2, -0.15) is 0 Å². The Hall–Kier alpha value is -3.19. The number of aliphatic hydroxyl groups excluding tert-OH is 1. The lowest BCUT2D eigenvalue weighted by atomic mass is 9.71. The molecule has 0 saturated heterocycles. The van der Waals surface area contributed by atoms with Gasteiger partial charge in [0.15, 0.2) is 5.78 Å². The monoisotopic (exact) mass is 480 g/mol. The minimum Gasteiger partial charge on any atom is -0.508 e. The minimum atomic E-state index is -1.24. The van der Waals surface area contributed by atoms with Crippen molar-refractivity contribution in [3.63, 3.8) is 0 Å². The van der Waals surface area contributed by atoms with Crippen molar-refractivity contribution in [2.24, 2.45) is 0 Å². The molecule has 0 spiro atoms. The fraction of sp³-hybridized carbons (Fsp3) is 0.345. The zero-order valence-corrected chi connectivity index (χ0v) is 20.8. The first-order chi connectivity index (χ1) is 16.4. The number of hydrogen-bond acceptors (Lipinski definition) is 6. The number of carbonyl (C=O) groups is 1. The van der Waals surface area contributed by atoms with Crippen LogP contribution < -0.4 is 4.74 Å². The number of carbonyl (C=O) groups excluding carboxylic acids is 1. The minimum absolute atomic E-state index is 0.000869. The summed E-state index contributed by atoms with van der Waals surface area (Å²) >= 11 is 0. The van der Waals surface area contributed by atoms with Gasteiger partial charge in [-0.05, 0) is 63.1 Å². The van der Waals surface area contributed by atoms with Crippen molar-refractivity contribution in [3.8, 4) is 11.5 Å². The van der Waals surface area contributed by atoms with E-state index in [4.69, 9.17) is 14.9 Å². The highest BCUT2D eigenvalue weighted by atomic mass is 16.5. The third-order valence-electron chi connectivity index (χ3n) is 5.44. The van der Waals surface area contributed by atoms with Gasteiger partial charge in [0.2, 0.25) is 0 Å². The second-order valence-electron chi connectivity index (χ2n) is 9.46. The van der Waals surface area contributed by atoms with Gasteiger partial charge in [-0.15, -0.1) is 0 Å². The third-order valence-corrected chi connectivity index (χ3v) is 5.44. The van der Waals surface area contributed by atoms with Crippen LogP contribution in [0.1, 0.15) is 50.7 Å². The lowest BCUT2D eigenvalue weighted by molar-refractivity contribution is -0.132. The van der Waals surface area contributed by atoms with Crippen molar-refractivity contribution in [1.82, 2.24) is 0 Å².